The fourth-order valence-electron chi connectivity index (χ4n) is 4.43. The second kappa shape index (κ2) is 9.93. The molecule has 1 saturated carbocycles. The lowest BCUT2D eigenvalue weighted by Crippen LogP contribution is -2.49. The summed E-state index contributed by atoms with van der Waals surface area (Å²) >= 11 is 0. The normalized spacial score (nSPS) is 15.6. The van der Waals surface area contributed by atoms with Crippen LogP contribution in [-0.2, 0) is 11.8 Å². The van der Waals surface area contributed by atoms with Gasteiger partial charge in [0.2, 0.25) is 5.91 Å². The molecule has 10 nitrogen and oxygen atoms in total. The van der Waals surface area contributed by atoms with E-state index >= 15 is 0 Å². The van der Waals surface area contributed by atoms with Crippen LogP contribution in [0.2, 0.25) is 0 Å². The van der Waals surface area contributed by atoms with Crippen LogP contribution in [0.5, 0.6) is 0 Å². The summed E-state index contributed by atoms with van der Waals surface area (Å²) in [5.74, 6) is 0.420. The van der Waals surface area contributed by atoms with Gasteiger partial charge < -0.3 is 15.2 Å². The van der Waals surface area contributed by atoms with E-state index in [1.165, 1.54) is 10.9 Å². The summed E-state index contributed by atoms with van der Waals surface area (Å²) in [6.45, 7) is 3.65. The monoisotopic (exact) mass is 451 g/mol. The summed E-state index contributed by atoms with van der Waals surface area (Å²) in [4.78, 5) is 34.9. The molecule has 0 aliphatic heterocycles. The Hall–Kier alpha value is -3.56. The fourth-order valence-corrected chi connectivity index (χ4v) is 4.43. The van der Waals surface area contributed by atoms with Crippen molar-refractivity contribution < 1.29 is 14.1 Å². The van der Waals surface area contributed by atoms with Crippen LogP contribution in [0, 0.1) is 19.8 Å². The molecule has 1 atom stereocenters. The third-order valence-corrected chi connectivity index (χ3v) is 6.19. The van der Waals surface area contributed by atoms with Crippen LogP contribution in [-0.4, -0.2) is 42.8 Å². The van der Waals surface area contributed by atoms with E-state index in [9.17, 15) is 9.59 Å². The van der Waals surface area contributed by atoms with E-state index in [2.05, 4.69) is 30.9 Å². The van der Waals surface area contributed by atoms with Crippen LogP contribution in [0.25, 0.3) is 11.3 Å². The van der Waals surface area contributed by atoms with Crippen molar-refractivity contribution in [1.82, 2.24) is 30.2 Å². The molecule has 1 aliphatic rings. The van der Waals surface area contributed by atoms with Crippen molar-refractivity contribution in [2.75, 3.05) is 5.32 Å². The molecule has 1 aliphatic carbocycles. The number of hydrogen-bond donors (Lipinski definition) is 2. The first kappa shape index (κ1) is 22.6. The van der Waals surface area contributed by atoms with Crippen molar-refractivity contribution in [1.29, 1.82) is 0 Å². The van der Waals surface area contributed by atoms with E-state index < -0.39 is 6.04 Å². The maximum atomic E-state index is 13.3. The van der Waals surface area contributed by atoms with E-state index in [4.69, 9.17) is 4.52 Å². The van der Waals surface area contributed by atoms with E-state index in [0.29, 0.717) is 23.0 Å². The van der Waals surface area contributed by atoms with Crippen LogP contribution in [0.15, 0.2) is 29.2 Å². The maximum absolute atomic E-state index is 13.3. The molecule has 0 unspecified atom stereocenters. The molecule has 0 aromatic carbocycles. The minimum atomic E-state index is -0.672. The zero-order valence-corrected chi connectivity index (χ0v) is 19.2. The SMILES string of the molecule is Cc1noc(C)c1-c1cnc(NC(=O)[C@@H](NC(=O)c2ccnn2C)C2CCCCCC2)cn1. The van der Waals surface area contributed by atoms with Crippen LogP contribution in [0.3, 0.4) is 0 Å². The van der Waals surface area contributed by atoms with Crippen molar-refractivity contribution in [3.05, 3.63) is 41.8 Å². The lowest BCUT2D eigenvalue weighted by atomic mass is 9.91. The summed E-state index contributed by atoms with van der Waals surface area (Å²) in [6.07, 6.45) is 10.8. The molecule has 4 rings (SSSR count). The minimum absolute atomic E-state index is 0.0548. The molecule has 2 N–H and O–H groups in total. The van der Waals surface area contributed by atoms with E-state index in [1.54, 1.807) is 25.5 Å². The molecule has 3 aromatic rings. The first-order valence-electron chi connectivity index (χ1n) is 11.3. The standard InChI is InChI=1S/C23H29N7O3/c1-14-20(15(2)33-29-14)17-12-25-19(13-24-17)27-23(32)21(16-8-6-4-5-7-9-16)28-22(31)18-10-11-26-30(18)3/h10-13,16,21H,4-9H2,1-3H3,(H,28,31)(H,25,27,32)/t21-/m0/s1. The molecule has 3 aromatic heterocycles. The third-order valence-electron chi connectivity index (χ3n) is 6.19. The Morgan fingerprint density at radius 3 is 2.45 bits per heavy atom. The zero-order chi connectivity index (χ0) is 23.4. The first-order valence-corrected chi connectivity index (χ1v) is 11.3. The van der Waals surface area contributed by atoms with Crippen molar-refractivity contribution in [3.8, 4) is 11.3 Å². The molecule has 0 radical (unpaired) electrons. The highest BCUT2D eigenvalue weighted by atomic mass is 16.5. The number of nitrogens with zero attached hydrogens (tertiary/aromatic N) is 5. The van der Waals surface area contributed by atoms with Gasteiger partial charge in [0, 0.05) is 13.2 Å². The molecule has 10 heteroatoms. The molecule has 33 heavy (non-hydrogen) atoms. The maximum Gasteiger partial charge on any atom is 0.270 e. The molecular weight excluding hydrogens is 422 g/mol. The highest BCUT2D eigenvalue weighted by Crippen LogP contribution is 2.27. The Kier molecular flexibility index (Phi) is 6.81. The fraction of sp³-hybridized carbons (Fsp3) is 0.478. The van der Waals surface area contributed by atoms with Crippen molar-refractivity contribution >= 4 is 17.6 Å². The Bertz CT molecular complexity index is 1090. The number of amides is 2. The topological polar surface area (TPSA) is 128 Å². The predicted octanol–water partition coefficient (Wildman–Crippen LogP) is 3.19. The third kappa shape index (κ3) is 5.10. The largest absolute Gasteiger partial charge is 0.361 e. The van der Waals surface area contributed by atoms with Gasteiger partial charge in [-0.1, -0.05) is 30.8 Å². The number of carbonyl (C=O) groups is 2. The second-order valence-corrected chi connectivity index (χ2v) is 8.52. The summed E-state index contributed by atoms with van der Waals surface area (Å²) in [7, 11) is 1.70. The number of anilines is 1. The number of hydrogen-bond acceptors (Lipinski definition) is 7. The van der Waals surface area contributed by atoms with Crippen molar-refractivity contribution in [2.45, 2.75) is 58.4 Å². The number of aromatic nitrogens is 5. The number of rotatable bonds is 6. The average molecular weight is 452 g/mol. The van der Waals surface area contributed by atoms with Gasteiger partial charge in [0.1, 0.15) is 17.5 Å². The molecule has 0 bridgehead atoms. The van der Waals surface area contributed by atoms with Crippen LogP contribution in [0.1, 0.15) is 60.5 Å². The average Bonchev–Trinajstić information content (AvgIpc) is 3.26. The Labute approximate surface area is 192 Å². The highest BCUT2D eigenvalue weighted by molar-refractivity contribution is 6.00. The highest BCUT2D eigenvalue weighted by Gasteiger charge is 2.31. The smallest absolute Gasteiger partial charge is 0.270 e. The van der Waals surface area contributed by atoms with Gasteiger partial charge >= 0.3 is 0 Å². The quantitative estimate of drug-likeness (QED) is 0.551. The Morgan fingerprint density at radius 2 is 1.88 bits per heavy atom. The molecule has 2 amide bonds. The van der Waals surface area contributed by atoms with Gasteiger partial charge in [-0.25, -0.2) is 4.98 Å². The van der Waals surface area contributed by atoms with Crippen molar-refractivity contribution in [3.63, 3.8) is 0 Å². The van der Waals surface area contributed by atoms with Gasteiger partial charge in [0.15, 0.2) is 5.82 Å². The number of nitrogens with one attached hydrogen (secondary N) is 2. The molecule has 174 valence electrons. The minimum Gasteiger partial charge on any atom is -0.361 e. The molecular formula is C23H29N7O3. The molecule has 1 fully saturated rings. The summed E-state index contributed by atoms with van der Waals surface area (Å²) in [6, 6.07) is 0.963. The summed E-state index contributed by atoms with van der Waals surface area (Å²) < 4.78 is 6.69. The van der Waals surface area contributed by atoms with Gasteiger partial charge in [0.25, 0.3) is 5.91 Å². The summed E-state index contributed by atoms with van der Waals surface area (Å²) in [5, 5.41) is 13.8. The first-order chi connectivity index (χ1) is 15.9. The van der Waals surface area contributed by atoms with Gasteiger partial charge in [-0.2, -0.15) is 5.10 Å². The molecule has 0 saturated heterocycles. The van der Waals surface area contributed by atoms with Crippen LogP contribution >= 0.6 is 0 Å². The van der Waals surface area contributed by atoms with Gasteiger partial charge in [-0.15, -0.1) is 0 Å². The number of aryl methyl sites for hydroxylation is 3. The molecule has 3 heterocycles. The lowest BCUT2D eigenvalue weighted by molar-refractivity contribution is -0.119. The van der Waals surface area contributed by atoms with Gasteiger partial charge in [-0.05, 0) is 38.7 Å². The Morgan fingerprint density at radius 1 is 1.12 bits per heavy atom. The number of carbonyl (C=O) groups excluding carboxylic acids is 2. The van der Waals surface area contributed by atoms with Crippen LogP contribution < -0.4 is 10.6 Å². The zero-order valence-electron chi connectivity index (χ0n) is 19.2. The van der Waals surface area contributed by atoms with E-state index in [-0.39, 0.29) is 17.7 Å². The Balaban J connectivity index is 1.52. The predicted molar refractivity (Wildman–Crippen MR) is 121 cm³/mol. The summed E-state index contributed by atoms with van der Waals surface area (Å²) in [5.41, 5.74) is 2.55. The van der Waals surface area contributed by atoms with Crippen LogP contribution in [0.4, 0.5) is 5.82 Å². The lowest BCUT2D eigenvalue weighted by Gasteiger charge is -2.26. The van der Waals surface area contributed by atoms with Crippen molar-refractivity contribution in [2.24, 2.45) is 13.0 Å². The van der Waals surface area contributed by atoms with E-state index in [1.807, 2.05) is 13.8 Å². The molecule has 0 spiro atoms. The van der Waals surface area contributed by atoms with Gasteiger partial charge in [-0.3, -0.25) is 19.3 Å². The van der Waals surface area contributed by atoms with E-state index in [0.717, 1.165) is 49.8 Å². The van der Waals surface area contributed by atoms with Gasteiger partial charge in [0.05, 0.1) is 29.3 Å². The second-order valence-electron chi connectivity index (χ2n) is 8.52.